The standard InChI is InChI=1S/C20H29N3O3/c24-18(13-19(25)4-2-5-19)23-9-6-20(7-10-23)16-22(11-12-26-20)15-17-3-1-8-21-14-17/h1,3,8,14,25H,2,4-7,9-13,15-16H2. The predicted molar refractivity (Wildman–Crippen MR) is 97.4 cm³/mol. The van der Waals surface area contributed by atoms with E-state index >= 15 is 0 Å². The third-order valence-corrected chi connectivity index (χ3v) is 6.25. The van der Waals surface area contributed by atoms with Gasteiger partial charge >= 0.3 is 0 Å². The van der Waals surface area contributed by atoms with Gasteiger partial charge in [0.1, 0.15) is 0 Å². The summed E-state index contributed by atoms with van der Waals surface area (Å²) in [6.07, 6.45) is 8.33. The lowest BCUT2D eigenvalue weighted by molar-refractivity contribution is -0.156. The van der Waals surface area contributed by atoms with E-state index in [2.05, 4.69) is 16.0 Å². The SMILES string of the molecule is O=C(CC1(O)CCC1)N1CCC2(CC1)CN(Cc1cccnc1)CCO2. The average molecular weight is 359 g/mol. The number of hydrogen-bond donors (Lipinski definition) is 1. The van der Waals surface area contributed by atoms with E-state index in [1.165, 1.54) is 5.56 Å². The van der Waals surface area contributed by atoms with Crippen molar-refractivity contribution < 1.29 is 14.6 Å². The Morgan fingerprint density at radius 2 is 2.04 bits per heavy atom. The van der Waals surface area contributed by atoms with Gasteiger partial charge in [-0.2, -0.15) is 0 Å². The summed E-state index contributed by atoms with van der Waals surface area (Å²) >= 11 is 0. The Bertz CT molecular complexity index is 624. The summed E-state index contributed by atoms with van der Waals surface area (Å²) < 4.78 is 6.19. The molecule has 0 atom stereocenters. The van der Waals surface area contributed by atoms with Crippen LogP contribution in [0.5, 0.6) is 0 Å². The zero-order valence-electron chi connectivity index (χ0n) is 15.4. The van der Waals surface area contributed by atoms with Crippen molar-refractivity contribution in [1.29, 1.82) is 0 Å². The number of pyridine rings is 1. The number of carbonyl (C=O) groups is 1. The van der Waals surface area contributed by atoms with Crippen LogP contribution in [0.2, 0.25) is 0 Å². The van der Waals surface area contributed by atoms with Gasteiger partial charge < -0.3 is 14.7 Å². The summed E-state index contributed by atoms with van der Waals surface area (Å²) in [6.45, 7) is 4.95. The molecular formula is C20H29N3O3. The van der Waals surface area contributed by atoms with E-state index in [9.17, 15) is 9.90 Å². The molecule has 0 aromatic carbocycles. The second-order valence-electron chi connectivity index (χ2n) is 8.24. The number of hydrogen-bond acceptors (Lipinski definition) is 5. The number of nitrogens with zero attached hydrogens (tertiary/aromatic N) is 3. The first kappa shape index (κ1) is 17.9. The average Bonchev–Trinajstić information content (AvgIpc) is 2.62. The molecule has 1 amide bonds. The molecule has 3 aliphatic rings. The van der Waals surface area contributed by atoms with Crippen molar-refractivity contribution >= 4 is 5.91 Å². The van der Waals surface area contributed by atoms with E-state index in [4.69, 9.17) is 4.74 Å². The molecule has 0 unspecified atom stereocenters. The Morgan fingerprint density at radius 1 is 1.23 bits per heavy atom. The van der Waals surface area contributed by atoms with Crippen molar-refractivity contribution in [2.75, 3.05) is 32.8 Å². The third kappa shape index (κ3) is 3.92. The number of morpholine rings is 1. The first-order valence-electron chi connectivity index (χ1n) is 9.81. The maximum absolute atomic E-state index is 12.5. The lowest BCUT2D eigenvalue weighted by Gasteiger charge is -2.48. The van der Waals surface area contributed by atoms with Gasteiger partial charge in [-0.05, 0) is 43.7 Å². The number of likely N-dealkylation sites (tertiary alicyclic amines) is 1. The second-order valence-corrected chi connectivity index (χ2v) is 8.24. The van der Waals surface area contributed by atoms with Gasteiger partial charge in [-0.1, -0.05) is 6.07 Å². The summed E-state index contributed by atoms with van der Waals surface area (Å²) in [6, 6.07) is 4.09. The van der Waals surface area contributed by atoms with E-state index in [1.807, 2.05) is 17.2 Å². The number of amides is 1. The van der Waals surface area contributed by atoms with Gasteiger partial charge in [-0.3, -0.25) is 14.7 Å². The highest BCUT2D eigenvalue weighted by atomic mass is 16.5. The van der Waals surface area contributed by atoms with E-state index < -0.39 is 5.60 Å². The van der Waals surface area contributed by atoms with Crippen molar-refractivity contribution in [3.05, 3.63) is 30.1 Å². The Hall–Kier alpha value is -1.50. The van der Waals surface area contributed by atoms with Crippen LogP contribution in [0.3, 0.4) is 0 Å². The topological polar surface area (TPSA) is 65.9 Å². The summed E-state index contributed by atoms with van der Waals surface area (Å²) in [5.41, 5.74) is 0.365. The molecule has 0 bridgehead atoms. The van der Waals surface area contributed by atoms with Crippen LogP contribution in [0.1, 0.15) is 44.1 Å². The van der Waals surface area contributed by atoms with E-state index in [0.717, 1.165) is 71.4 Å². The van der Waals surface area contributed by atoms with Crippen molar-refractivity contribution in [2.45, 2.75) is 56.3 Å². The number of piperidine rings is 1. The number of ether oxygens (including phenoxy) is 1. The normalized spacial score (nSPS) is 25.0. The Balaban J connectivity index is 1.30. The minimum atomic E-state index is -0.728. The van der Waals surface area contributed by atoms with Crippen LogP contribution >= 0.6 is 0 Å². The largest absolute Gasteiger partial charge is 0.389 e. The molecule has 2 saturated heterocycles. The molecule has 3 fully saturated rings. The minimum absolute atomic E-state index is 0.102. The van der Waals surface area contributed by atoms with Gasteiger partial charge in [0.15, 0.2) is 0 Å². The Kier molecular flexibility index (Phi) is 4.99. The van der Waals surface area contributed by atoms with Crippen molar-refractivity contribution in [3.63, 3.8) is 0 Å². The molecule has 1 aromatic rings. The van der Waals surface area contributed by atoms with Gasteiger partial charge in [0.2, 0.25) is 5.91 Å². The fraction of sp³-hybridized carbons (Fsp3) is 0.700. The van der Waals surface area contributed by atoms with Gasteiger partial charge in [-0.25, -0.2) is 0 Å². The molecule has 1 saturated carbocycles. The maximum Gasteiger partial charge on any atom is 0.225 e. The smallest absolute Gasteiger partial charge is 0.225 e. The monoisotopic (exact) mass is 359 g/mol. The molecule has 6 nitrogen and oxygen atoms in total. The Morgan fingerprint density at radius 3 is 2.69 bits per heavy atom. The predicted octanol–water partition coefficient (Wildman–Crippen LogP) is 1.58. The zero-order valence-corrected chi connectivity index (χ0v) is 15.4. The van der Waals surface area contributed by atoms with Crippen molar-refractivity contribution in [1.82, 2.24) is 14.8 Å². The van der Waals surface area contributed by atoms with E-state index in [-0.39, 0.29) is 17.9 Å². The molecule has 4 rings (SSSR count). The molecule has 1 aromatic heterocycles. The van der Waals surface area contributed by atoms with Crippen LogP contribution in [0.15, 0.2) is 24.5 Å². The summed E-state index contributed by atoms with van der Waals surface area (Å²) in [5, 5.41) is 10.2. The number of aliphatic hydroxyl groups is 1. The molecule has 2 aliphatic heterocycles. The highest BCUT2D eigenvalue weighted by Gasteiger charge is 2.42. The van der Waals surface area contributed by atoms with E-state index in [1.54, 1.807) is 6.20 Å². The molecule has 6 heteroatoms. The van der Waals surface area contributed by atoms with Crippen LogP contribution in [0.25, 0.3) is 0 Å². The quantitative estimate of drug-likeness (QED) is 0.884. The van der Waals surface area contributed by atoms with E-state index in [0.29, 0.717) is 0 Å². The fourth-order valence-corrected chi connectivity index (χ4v) is 4.43. The van der Waals surface area contributed by atoms with Crippen LogP contribution in [0.4, 0.5) is 0 Å². The number of carbonyl (C=O) groups excluding carboxylic acids is 1. The molecular weight excluding hydrogens is 330 g/mol. The van der Waals surface area contributed by atoms with Crippen LogP contribution in [-0.2, 0) is 16.1 Å². The fourth-order valence-electron chi connectivity index (χ4n) is 4.43. The molecule has 142 valence electrons. The lowest BCUT2D eigenvalue weighted by atomic mass is 9.77. The first-order valence-corrected chi connectivity index (χ1v) is 9.81. The van der Waals surface area contributed by atoms with Crippen molar-refractivity contribution in [2.24, 2.45) is 0 Å². The molecule has 1 N–H and O–H groups in total. The summed E-state index contributed by atoms with van der Waals surface area (Å²) in [7, 11) is 0. The zero-order chi connectivity index (χ0) is 18.0. The van der Waals surface area contributed by atoms with Gasteiger partial charge in [0.05, 0.1) is 24.2 Å². The van der Waals surface area contributed by atoms with Crippen LogP contribution in [-0.4, -0.2) is 69.8 Å². The summed E-state index contributed by atoms with van der Waals surface area (Å²) in [4.78, 5) is 21.1. The third-order valence-electron chi connectivity index (χ3n) is 6.25. The van der Waals surface area contributed by atoms with Gasteiger partial charge in [0.25, 0.3) is 0 Å². The number of aromatic nitrogens is 1. The maximum atomic E-state index is 12.5. The Labute approximate surface area is 155 Å². The second kappa shape index (κ2) is 7.25. The first-order chi connectivity index (χ1) is 12.6. The molecule has 3 heterocycles. The van der Waals surface area contributed by atoms with Gasteiger partial charge in [-0.15, -0.1) is 0 Å². The lowest BCUT2D eigenvalue weighted by Crippen LogP contribution is -2.57. The minimum Gasteiger partial charge on any atom is -0.389 e. The van der Waals surface area contributed by atoms with Crippen LogP contribution in [0, 0.1) is 0 Å². The number of rotatable bonds is 4. The molecule has 0 radical (unpaired) electrons. The molecule has 1 aliphatic carbocycles. The summed E-state index contributed by atoms with van der Waals surface area (Å²) in [5.74, 6) is 0.102. The highest BCUT2D eigenvalue weighted by molar-refractivity contribution is 5.77. The van der Waals surface area contributed by atoms with Crippen molar-refractivity contribution in [3.8, 4) is 0 Å². The van der Waals surface area contributed by atoms with Gasteiger partial charge in [0, 0.05) is 45.1 Å². The molecule has 1 spiro atoms. The molecule has 26 heavy (non-hydrogen) atoms. The van der Waals surface area contributed by atoms with Crippen LogP contribution < -0.4 is 0 Å². The highest BCUT2D eigenvalue weighted by Crippen LogP contribution is 2.36.